The molecule has 0 atom stereocenters. The topological polar surface area (TPSA) is 39.9 Å². The van der Waals surface area contributed by atoms with Crippen molar-refractivity contribution in [3.05, 3.63) is 84.6 Å². The van der Waals surface area contributed by atoms with Gasteiger partial charge in [-0.2, -0.15) is 26.3 Å². The lowest BCUT2D eigenvalue weighted by Gasteiger charge is -2.18. The first-order valence-electron chi connectivity index (χ1n) is 9.50. The van der Waals surface area contributed by atoms with E-state index >= 15 is 0 Å². The van der Waals surface area contributed by atoms with Gasteiger partial charge in [0.15, 0.2) is 0 Å². The monoisotopic (exact) mass is 463 g/mol. The molecule has 2 aromatic heterocycles. The zero-order valence-electron chi connectivity index (χ0n) is 16.9. The van der Waals surface area contributed by atoms with E-state index in [9.17, 15) is 26.3 Å². The van der Waals surface area contributed by atoms with Crippen LogP contribution in [0.25, 0.3) is 28.1 Å². The molecule has 33 heavy (non-hydrogen) atoms. The minimum absolute atomic E-state index is 0.169. The number of imidazole rings is 1. The average molecular weight is 463 g/mol. The van der Waals surface area contributed by atoms with Crippen LogP contribution in [0.4, 0.5) is 26.3 Å². The zero-order chi connectivity index (χ0) is 23.8. The summed E-state index contributed by atoms with van der Waals surface area (Å²) in [6, 6.07) is 9.93. The normalized spacial score (nSPS) is 12.1. The van der Waals surface area contributed by atoms with Gasteiger partial charge in [-0.15, -0.1) is 0 Å². The van der Waals surface area contributed by atoms with Gasteiger partial charge < -0.3 is 4.74 Å². The maximum absolute atomic E-state index is 13.7. The summed E-state index contributed by atoms with van der Waals surface area (Å²) < 4.78 is 87.7. The van der Waals surface area contributed by atoms with Crippen molar-refractivity contribution in [1.82, 2.24) is 14.5 Å². The second-order valence-corrected chi connectivity index (χ2v) is 7.00. The quantitative estimate of drug-likeness (QED) is 0.318. The summed E-state index contributed by atoms with van der Waals surface area (Å²) in [4.78, 5) is 7.98. The molecule has 0 aliphatic carbocycles. The lowest BCUT2D eigenvalue weighted by atomic mass is 9.99. The van der Waals surface area contributed by atoms with E-state index in [-0.39, 0.29) is 5.69 Å². The summed E-state index contributed by atoms with van der Waals surface area (Å²) in [5.74, 6) is 0.502. The number of rotatable bonds is 4. The fraction of sp³-hybridized carbons (Fsp3) is 0.130. The van der Waals surface area contributed by atoms with E-state index < -0.39 is 29.0 Å². The molecule has 0 aliphatic rings. The Hall–Kier alpha value is -3.82. The van der Waals surface area contributed by atoms with Crippen molar-refractivity contribution in [2.75, 3.05) is 7.11 Å². The van der Waals surface area contributed by atoms with Crippen molar-refractivity contribution in [1.29, 1.82) is 0 Å². The van der Waals surface area contributed by atoms with Crippen molar-refractivity contribution in [2.24, 2.45) is 0 Å². The molecule has 0 saturated carbocycles. The number of para-hydroxylation sites is 1. The van der Waals surface area contributed by atoms with Crippen LogP contribution in [0.15, 0.2) is 73.4 Å². The predicted octanol–water partition coefficient (Wildman–Crippen LogP) is 6.65. The number of alkyl halides is 6. The van der Waals surface area contributed by atoms with Crippen LogP contribution in [-0.2, 0) is 12.4 Å². The molecule has 4 rings (SSSR count). The number of methoxy groups -OCH3 is 1. The van der Waals surface area contributed by atoms with E-state index in [1.807, 2.05) is 0 Å². The largest absolute Gasteiger partial charge is 0.496 e. The molecular formula is C23H15F6N3O. The standard InChI is InChI=1S/C23H15F6N3O/c1-33-21-5-3-2-4-16(21)15-8-9-30-11-19(15)32-13-31-12-20(32)17-10-14(22(24,25)26)6-7-18(17)23(27,28)29/h2-13H,1H3. The third kappa shape index (κ3) is 4.28. The molecule has 0 fully saturated rings. The number of aromatic nitrogens is 3. The number of pyridine rings is 1. The zero-order valence-corrected chi connectivity index (χ0v) is 16.9. The highest BCUT2D eigenvalue weighted by molar-refractivity contribution is 5.79. The van der Waals surface area contributed by atoms with Gasteiger partial charge in [-0.05, 0) is 30.3 Å². The molecule has 4 aromatic rings. The molecule has 4 nitrogen and oxygen atoms in total. The molecule has 0 unspecified atom stereocenters. The van der Waals surface area contributed by atoms with Gasteiger partial charge in [-0.25, -0.2) is 4.98 Å². The van der Waals surface area contributed by atoms with Crippen LogP contribution in [0.2, 0.25) is 0 Å². The molecule has 0 aliphatic heterocycles. The van der Waals surface area contributed by atoms with Crippen molar-refractivity contribution in [3.63, 3.8) is 0 Å². The molecule has 0 amide bonds. The molecule has 0 spiro atoms. The highest BCUT2D eigenvalue weighted by atomic mass is 19.4. The highest BCUT2D eigenvalue weighted by Gasteiger charge is 2.38. The van der Waals surface area contributed by atoms with Crippen LogP contribution in [0.1, 0.15) is 11.1 Å². The fourth-order valence-corrected chi connectivity index (χ4v) is 3.54. The van der Waals surface area contributed by atoms with Crippen molar-refractivity contribution < 1.29 is 31.1 Å². The van der Waals surface area contributed by atoms with Gasteiger partial charge in [0.2, 0.25) is 0 Å². The molecule has 0 saturated heterocycles. The van der Waals surface area contributed by atoms with Gasteiger partial charge in [0.05, 0.1) is 48.3 Å². The maximum Gasteiger partial charge on any atom is 0.417 e. The van der Waals surface area contributed by atoms with Gasteiger partial charge in [-0.1, -0.05) is 18.2 Å². The van der Waals surface area contributed by atoms with Crippen LogP contribution < -0.4 is 4.74 Å². The summed E-state index contributed by atoms with van der Waals surface area (Å²) in [5.41, 5.74) is -1.74. The smallest absolute Gasteiger partial charge is 0.417 e. The summed E-state index contributed by atoms with van der Waals surface area (Å²) in [6.45, 7) is 0. The number of nitrogens with zero attached hydrogens (tertiary/aromatic N) is 3. The summed E-state index contributed by atoms with van der Waals surface area (Å²) in [7, 11) is 1.47. The number of hydrogen-bond donors (Lipinski definition) is 0. The second kappa shape index (κ2) is 8.27. The molecule has 0 radical (unpaired) electrons. The summed E-state index contributed by atoms with van der Waals surface area (Å²) in [5, 5.41) is 0. The van der Waals surface area contributed by atoms with E-state index in [1.165, 1.54) is 30.4 Å². The number of benzene rings is 2. The van der Waals surface area contributed by atoms with E-state index in [1.54, 1.807) is 30.3 Å². The van der Waals surface area contributed by atoms with Crippen molar-refractivity contribution in [3.8, 4) is 33.8 Å². The predicted molar refractivity (Wildman–Crippen MR) is 109 cm³/mol. The fourth-order valence-electron chi connectivity index (χ4n) is 3.54. The van der Waals surface area contributed by atoms with Crippen molar-refractivity contribution >= 4 is 0 Å². The third-order valence-corrected chi connectivity index (χ3v) is 5.02. The Bertz CT molecular complexity index is 1290. The van der Waals surface area contributed by atoms with Crippen LogP contribution in [0.5, 0.6) is 5.75 Å². The SMILES string of the molecule is COc1ccccc1-c1ccncc1-n1cncc1-c1cc(C(F)(F)F)ccc1C(F)(F)F. The van der Waals surface area contributed by atoms with E-state index in [0.29, 0.717) is 40.8 Å². The van der Waals surface area contributed by atoms with Gasteiger partial charge in [0.25, 0.3) is 0 Å². The lowest BCUT2D eigenvalue weighted by Crippen LogP contribution is -2.12. The Balaban J connectivity index is 1.97. The van der Waals surface area contributed by atoms with Crippen LogP contribution in [0.3, 0.4) is 0 Å². The molecule has 0 N–H and O–H groups in total. The minimum Gasteiger partial charge on any atom is -0.496 e. The van der Waals surface area contributed by atoms with Crippen LogP contribution in [0, 0.1) is 0 Å². The molecular weight excluding hydrogens is 448 g/mol. The summed E-state index contributed by atoms with van der Waals surface area (Å²) >= 11 is 0. The Kier molecular flexibility index (Phi) is 5.61. The Morgan fingerprint density at radius 3 is 2.24 bits per heavy atom. The van der Waals surface area contributed by atoms with E-state index in [2.05, 4.69) is 9.97 Å². The number of halogens is 6. The molecule has 170 valence electrons. The first-order chi connectivity index (χ1) is 15.6. The second-order valence-electron chi connectivity index (χ2n) is 7.00. The Labute approximate surface area is 184 Å². The molecule has 2 heterocycles. The van der Waals surface area contributed by atoms with E-state index in [0.717, 1.165) is 6.20 Å². The third-order valence-electron chi connectivity index (χ3n) is 5.02. The molecule has 2 aromatic carbocycles. The molecule has 0 bridgehead atoms. The maximum atomic E-state index is 13.7. The Morgan fingerprint density at radius 2 is 1.55 bits per heavy atom. The van der Waals surface area contributed by atoms with Crippen LogP contribution >= 0.6 is 0 Å². The average Bonchev–Trinajstić information content (AvgIpc) is 3.27. The van der Waals surface area contributed by atoms with Gasteiger partial charge >= 0.3 is 12.4 Å². The number of ether oxygens (including phenoxy) is 1. The molecule has 10 heteroatoms. The Morgan fingerprint density at radius 1 is 0.788 bits per heavy atom. The minimum atomic E-state index is -4.88. The lowest BCUT2D eigenvalue weighted by molar-refractivity contribution is -0.141. The van der Waals surface area contributed by atoms with Gasteiger partial charge in [0, 0.05) is 22.9 Å². The van der Waals surface area contributed by atoms with E-state index in [4.69, 9.17) is 4.74 Å². The van der Waals surface area contributed by atoms with Gasteiger partial charge in [0.1, 0.15) is 5.75 Å². The number of hydrogen-bond acceptors (Lipinski definition) is 3. The van der Waals surface area contributed by atoms with Crippen molar-refractivity contribution in [2.45, 2.75) is 12.4 Å². The van der Waals surface area contributed by atoms with Gasteiger partial charge in [-0.3, -0.25) is 9.55 Å². The van der Waals surface area contributed by atoms with Crippen LogP contribution in [-0.4, -0.2) is 21.6 Å². The first kappa shape index (κ1) is 22.4. The summed E-state index contributed by atoms with van der Waals surface area (Å²) in [6.07, 6.45) is -4.49. The highest BCUT2D eigenvalue weighted by Crippen LogP contribution is 2.42. The first-order valence-corrected chi connectivity index (χ1v) is 9.50.